The highest BCUT2D eigenvalue weighted by Crippen LogP contribution is 2.26. The monoisotopic (exact) mass is 337 g/mol. The van der Waals surface area contributed by atoms with E-state index in [1.54, 1.807) is 49.5 Å². The van der Waals surface area contributed by atoms with Gasteiger partial charge in [0, 0.05) is 29.3 Å². The first-order valence-electron chi connectivity index (χ1n) is 7.85. The average Bonchev–Trinajstić information content (AvgIpc) is 2.64. The zero-order chi connectivity index (χ0) is 18.2. The number of carbonyl (C=O) groups excluding carboxylic acids is 1. The maximum atomic E-state index is 12.0. The van der Waals surface area contributed by atoms with Crippen LogP contribution in [0.15, 0.2) is 59.6 Å². The van der Waals surface area contributed by atoms with Crippen LogP contribution in [0, 0.1) is 0 Å². The van der Waals surface area contributed by atoms with E-state index < -0.39 is 5.97 Å². The summed E-state index contributed by atoms with van der Waals surface area (Å²) in [5.41, 5.74) is 2.14. The first kappa shape index (κ1) is 18.1. The lowest BCUT2D eigenvalue weighted by Gasteiger charge is -2.08. The summed E-state index contributed by atoms with van der Waals surface area (Å²) in [6, 6.07) is 15.7. The highest BCUT2D eigenvalue weighted by Gasteiger charge is 2.12. The zero-order valence-corrected chi connectivity index (χ0v) is 13.8. The molecule has 0 aliphatic rings. The lowest BCUT2D eigenvalue weighted by atomic mass is 10.0. The molecule has 0 atom stereocenters. The second-order valence-electron chi connectivity index (χ2n) is 5.34. The quantitative estimate of drug-likeness (QED) is 0.343. The van der Waals surface area contributed by atoms with E-state index in [0.717, 1.165) is 0 Å². The fraction of sp³-hybridized carbons (Fsp3) is 0.150. The van der Waals surface area contributed by atoms with Crippen LogP contribution in [0.3, 0.4) is 0 Å². The van der Waals surface area contributed by atoms with Gasteiger partial charge in [0.15, 0.2) is 5.78 Å². The normalized spacial score (nSPS) is 12.0. The molecule has 5 heteroatoms. The largest absolute Gasteiger partial charge is 0.505 e. The fourth-order valence-corrected chi connectivity index (χ4v) is 2.31. The molecule has 0 saturated carbocycles. The third-order valence-electron chi connectivity index (χ3n) is 3.58. The lowest BCUT2D eigenvalue weighted by Crippen LogP contribution is -2.03. The molecule has 0 aliphatic carbocycles. The summed E-state index contributed by atoms with van der Waals surface area (Å²) in [6.07, 6.45) is 1.35. The number of hydrogen-bond acceptors (Lipinski definition) is 4. The van der Waals surface area contributed by atoms with E-state index >= 15 is 0 Å². The van der Waals surface area contributed by atoms with Gasteiger partial charge in [-0.05, 0) is 6.92 Å². The first-order chi connectivity index (χ1) is 12.0. The minimum absolute atomic E-state index is 0.0419. The lowest BCUT2D eigenvalue weighted by molar-refractivity contribution is -0.136. The summed E-state index contributed by atoms with van der Waals surface area (Å²) in [5, 5.41) is 19.2. The highest BCUT2D eigenvalue weighted by molar-refractivity contribution is 5.98. The topological polar surface area (TPSA) is 87.0 Å². The van der Waals surface area contributed by atoms with Crippen LogP contribution in [0.5, 0.6) is 0 Å². The SMILES string of the molecule is CC=N/C(=C(\O)c1ccccc1)c1ccc(C(=O)CCC(=O)O)cc1. The number of aliphatic imine (C=N–C) groups is 1. The molecule has 25 heavy (non-hydrogen) atoms. The molecular weight excluding hydrogens is 318 g/mol. The summed E-state index contributed by atoms with van der Waals surface area (Å²) in [7, 11) is 0. The molecule has 0 heterocycles. The van der Waals surface area contributed by atoms with Crippen LogP contribution < -0.4 is 0 Å². The van der Waals surface area contributed by atoms with Crippen molar-refractivity contribution >= 4 is 29.4 Å². The molecule has 0 fully saturated rings. The predicted molar refractivity (Wildman–Crippen MR) is 97.7 cm³/mol. The molecule has 2 aromatic rings. The van der Waals surface area contributed by atoms with Gasteiger partial charge in [-0.2, -0.15) is 0 Å². The molecule has 0 aromatic heterocycles. The Kier molecular flexibility index (Phi) is 6.23. The Balaban J connectivity index is 2.31. The van der Waals surface area contributed by atoms with Crippen molar-refractivity contribution in [3.8, 4) is 0 Å². The Morgan fingerprint density at radius 2 is 1.48 bits per heavy atom. The van der Waals surface area contributed by atoms with E-state index in [1.165, 1.54) is 0 Å². The van der Waals surface area contributed by atoms with E-state index in [-0.39, 0.29) is 24.4 Å². The van der Waals surface area contributed by atoms with E-state index in [0.29, 0.717) is 22.4 Å². The number of nitrogens with zero attached hydrogens (tertiary/aromatic N) is 1. The molecule has 0 unspecified atom stereocenters. The first-order valence-corrected chi connectivity index (χ1v) is 7.85. The number of rotatable bonds is 7. The van der Waals surface area contributed by atoms with Crippen LogP contribution in [-0.4, -0.2) is 28.2 Å². The third-order valence-corrected chi connectivity index (χ3v) is 3.58. The number of hydrogen-bond donors (Lipinski definition) is 2. The number of aliphatic hydroxyl groups is 1. The molecule has 0 aliphatic heterocycles. The van der Waals surface area contributed by atoms with Crippen molar-refractivity contribution in [2.45, 2.75) is 19.8 Å². The number of benzene rings is 2. The number of ketones is 1. The molecule has 0 bridgehead atoms. The molecule has 0 amide bonds. The van der Waals surface area contributed by atoms with Crippen molar-refractivity contribution in [1.82, 2.24) is 0 Å². The summed E-state index contributed by atoms with van der Waals surface area (Å²) in [4.78, 5) is 26.8. The van der Waals surface area contributed by atoms with Crippen molar-refractivity contribution in [3.63, 3.8) is 0 Å². The van der Waals surface area contributed by atoms with Gasteiger partial charge in [-0.3, -0.25) is 14.6 Å². The highest BCUT2D eigenvalue weighted by atomic mass is 16.4. The second kappa shape index (κ2) is 8.59. The standard InChI is InChI=1S/C20H19NO4/c1-2-21-19(20(25)16-6-4-3-5-7-16)15-10-8-14(9-11-15)17(22)12-13-18(23)24/h2-11,25H,12-13H2,1H3,(H,23,24)/b20-19-,21-2?. The molecule has 0 saturated heterocycles. The van der Waals surface area contributed by atoms with Crippen molar-refractivity contribution in [1.29, 1.82) is 0 Å². The number of aliphatic carboxylic acids is 1. The van der Waals surface area contributed by atoms with Gasteiger partial charge in [-0.25, -0.2) is 0 Å². The van der Waals surface area contributed by atoms with Crippen LogP contribution >= 0.6 is 0 Å². The molecule has 0 radical (unpaired) electrons. The molecule has 0 spiro atoms. The van der Waals surface area contributed by atoms with Gasteiger partial charge in [-0.15, -0.1) is 0 Å². The van der Waals surface area contributed by atoms with E-state index in [9.17, 15) is 14.7 Å². The van der Waals surface area contributed by atoms with Gasteiger partial charge in [0.2, 0.25) is 0 Å². The number of Topliss-reactive ketones (excluding diaryl/α,β-unsaturated/α-hetero) is 1. The van der Waals surface area contributed by atoms with Crippen LogP contribution in [0.4, 0.5) is 0 Å². The van der Waals surface area contributed by atoms with Gasteiger partial charge >= 0.3 is 5.97 Å². The second-order valence-corrected chi connectivity index (χ2v) is 5.34. The van der Waals surface area contributed by atoms with Gasteiger partial charge < -0.3 is 10.2 Å². The summed E-state index contributed by atoms with van der Waals surface area (Å²) in [5.74, 6) is -1.19. The Bertz CT molecular complexity index is 805. The van der Waals surface area contributed by atoms with E-state index in [1.807, 2.05) is 18.2 Å². The number of aliphatic hydroxyl groups excluding tert-OH is 1. The number of carbonyl (C=O) groups is 2. The van der Waals surface area contributed by atoms with Crippen molar-refractivity contribution in [2.75, 3.05) is 0 Å². The van der Waals surface area contributed by atoms with Crippen LogP contribution in [-0.2, 0) is 4.79 Å². The molecular formula is C20H19NO4. The van der Waals surface area contributed by atoms with Crippen molar-refractivity contribution in [2.24, 2.45) is 4.99 Å². The average molecular weight is 337 g/mol. The van der Waals surface area contributed by atoms with Crippen LogP contribution in [0.2, 0.25) is 0 Å². The smallest absolute Gasteiger partial charge is 0.303 e. The van der Waals surface area contributed by atoms with Gasteiger partial charge in [-0.1, -0.05) is 54.6 Å². The summed E-state index contributed by atoms with van der Waals surface area (Å²) in [6.45, 7) is 1.75. The maximum Gasteiger partial charge on any atom is 0.303 e. The Morgan fingerprint density at radius 3 is 2.04 bits per heavy atom. The predicted octanol–water partition coefficient (Wildman–Crippen LogP) is 4.21. The Hall–Kier alpha value is -3.21. The van der Waals surface area contributed by atoms with Crippen LogP contribution in [0.25, 0.3) is 11.5 Å². The van der Waals surface area contributed by atoms with Gasteiger partial charge in [0.05, 0.1) is 6.42 Å². The molecule has 2 N–H and O–H groups in total. The molecule has 2 rings (SSSR count). The van der Waals surface area contributed by atoms with Crippen molar-refractivity contribution < 1.29 is 19.8 Å². The molecule has 128 valence electrons. The molecule has 5 nitrogen and oxygen atoms in total. The third kappa shape index (κ3) is 4.88. The summed E-state index contributed by atoms with van der Waals surface area (Å²) < 4.78 is 0. The van der Waals surface area contributed by atoms with E-state index in [4.69, 9.17) is 5.11 Å². The zero-order valence-electron chi connectivity index (χ0n) is 13.8. The minimum Gasteiger partial charge on any atom is -0.505 e. The molecule has 2 aromatic carbocycles. The van der Waals surface area contributed by atoms with Gasteiger partial charge in [0.25, 0.3) is 0 Å². The number of carboxylic acid groups (broad SMARTS) is 1. The Labute approximate surface area is 146 Å². The number of carboxylic acids is 1. The van der Waals surface area contributed by atoms with Crippen molar-refractivity contribution in [3.05, 3.63) is 71.3 Å². The van der Waals surface area contributed by atoms with Gasteiger partial charge in [0.1, 0.15) is 11.5 Å². The minimum atomic E-state index is -1.000. The summed E-state index contributed by atoms with van der Waals surface area (Å²) >= 11 is 0. The fourth-order valence-electron chi connectivity index (χ4n) is 2.31. The van der Waals surface area contributed by atoms with Crippen LogP contribution in [0.1, 0.15) is 41.3 Å². The Morgan fingerprint density at radius 1 is 0.880 bits per heavy atom. The van der Waals surface area contributed by atoms with E-state index in [2.05, 4.69) is 4.99 Å². The maximum absolute atomic E-state index is 12.0.